The third-order valence-corrected chi connectivity index (χ3v) is 3.54. The number of amides is 1. The topological polar surface area (TPSA) is 53.6 Å². The Balaban J connectivity index is 1.99. The van der Waals surface area contributed by atoms with Gasteiger partial charge in [0.05, 0.1) is 36.2 Å². The molecule has 0 saturated carbocycles. The van der Waals surface area contributed by atoms with Crippen LogP contribution in [0.1, 0.15) is 0 Å². The van der Waals surface area contributed by atoms with E-state index >= 15 is 0 Å². The highest BCUT2D eigenvalue weighted by atomic mass is 35.5. The normalized spacial score (nSPS) is 15.4. The Morgan fingerprint density at radius 3 is 2.65 bits per heavy atom. The monoisotopic (exact) mass is 351 g/mol. The molecule has 5 nitrogen and oxygen atoms in total. The van der Waals surface area contributed by atoms with Crippen LogP contribution in [0.15, 0.2) is 18.2 Å². The van der Waals surface area contributed by atoms with Crippen LogP contribution in [0, 0.1) is 0 Å². The summed E-state index contributed by atoms with van der Waals surface area (Å²) in [6.45, 7) is 0.817. The van der Waals surface area contributed by atoms with Crippen molar-refractivity contribution in [1.82, 2.24) is 5.32 Å². The highest BCUT2D eigenvalue weighted by Gasteiger charge is 2.27. The minimum Gasteiger partial charge on any atom is -0.378 e. The minimum absolute atomic E-state index is 0.270. The van der Waals surface area contributed by atoms with Crippen molar-refractivity contribution in [2.45, 2.75) is 6.18 Å². The highest BCUT2D eigenvalue weighted by Crippen LogP contribution is 2.34. The van der Waals surface area contributed by atoms with Crippen molar-refractivity contribution in [2.75, 3.05) is 49.6 Å². The van der Waals surface area contributed by atoms with E-state index in [2.05, 4.69) is 5.32 Å². The number of ether oxygens (including phenoxy) is 1. The molecule has 0 aromatic heterocycles. The van der Waals surface area contributed by atoms with Gasteiger partial charge in [0.2, 0.25) is 5.91 Å². The molecule has 128 valence electrons. The summed E-state index contributed by atoms with van der Waals surface area (Å²) in [7, 11) is 0. The Kier molecular flexibility index (Phi) is 5.95. The zero-order valence-electron chi connectivity index (χ0n) is 12.3. The van der Waals surface area contributed by atoms with Gasteiger partial charge in [-0.3, -0.25) is 4.79 Å². The van der Waals surface area contributed by atoms with Crippen molar-refractivity contribution in [3.8, 4) is 0 Å². The molecular weight excluding hydrogens is 335 g/mol. The third kappa shape index (κ3) is 5.47. The first-order valence-corrected chi connectivity index (χ1v) is 7.43. The maximum Gasteiger partial charge on any atom is 0.405 e. The molecule has 23 heavy (non-hydrogen) atoms. The molecule has 1 heterocycles. The molecule has 1 amide bonds. The lowest BCUT2D eigenvalue weighted by Gasteiger charge is -2.31. The summed E-state index contributed by atoms with van der Waals surface area (Å²) in [5.74, 6) is -0.741. The molecule has 0 bridgehead atoms. The molecule has 1 aromatic carbocycles. The van der Waals surface area contributed by atoms with Gasteiger partial charge < -0.3 is 20.3 Å². The van der Waals surface area contributed by atoms with E-state index in [1.54, 1.807) is 18.2 Å². The van der Waals surface area contributed by atoms with Crippen LogP contribution < -0.4 is 15.5 Å². The Hall–Kier alpha value is -1.67. The van der Waals surface area contributed by atoms with Gasteiger partial charge in [0, 0.05) is 13.1 Å². The third-order valence-electron chi connectivity index (χ3n) is 3.24. The number of benzene rings is 1. The summed E-state index contributed by atoms with van der Waals surface area (Å²) in [5, 5.41) is 5.16. The fourth-order valence-electron chi connectivity index (χ4n) is 2.20. The molecule has 1 fully saturated rings. The van der Waals surface area contributed by atoms with Crippen LogP contribution in [0.3, 0.4) is 0 Å². The predicted molar refractivity (Wildman–Crippen MR) is 82.0 cm³/mol. The van der Waals surface area contributed by atoms with Crippen molar-refractivity contribution in [3.05, 3.63) is 23.2 Å². The summed E-state index contributed by atoms with van der Waals surface area (Å²) in [4.78, 5) is 13.5. The van der Waals surface area contributed by atoms with Crippen LogP contribution >= 0.6 is 11.6 Å². The summed E-state index contributed by atoms with van der Waals surface area (Å²) in [6.07, 6.45) is -4.43. The van der Waals surface area contributed by atoms with E-state index in [-0.39, 0.29) is 6.54 Å². The Morgan fingerprint density at radius 2 is 2.00 bits per heavy atom. The Bertz CT molecular complexity index is 549. The first-order chi connectivity index (χ1) is 10.9. The number of morpholine rings is 1. The predicted octanol–water partition coefficient (Wildman–Crippen LogP) is 2.27. The van der Waals surface area contributed by atoms with E-state index in [0.29, 0.717) is 37.0 Å². The minimum atomic E-state index is -4.43. The van der Waals surface area contributed by atoms with Gasteiger partial charge in [-0.05, 0) is 12.1 Å². The molecule has 0 radical (unpaired) electrons. The molecule has 0 unspecified atom stereocenters. The molecule has 1 aliphatic rings. The van der Waals surface area contributed by atoms with Crippen molar-refractivity contribution in [2.24, 2.45) is 0 Å². The number of carbonyl (C=O) groups is 1. The van der Waals surface area contributed by atoms with Gasteiger partial charge in [-0.25, -0.2) is 0 Å². The maximum atomic E-state index is 12.1. The van der Waals surface area contributed by atoms with E-state index in [1.165, 1.54) is 0 Å². The van der Waals surface area contributed by atoms with Crippen molar-refractivity contribution in [1.29, 1.82) is 0 Å². The van der Waals surface area contributed by atoms with E-state index in [1.807, 2.05) is 10.2 Å². The van der Waals surface area contributed by atoms with Crippen molar-refractivity contribution < 1.29 is 22.7 Å². The lowest BCUT2D eigenvalue weighted by atomic mass is 10.2. The molecule has 0 spiro atoms. The second-order valence-electron chi connectivity index (χ2n) is 4.98. The van der Waals surface area contributed by atoms with Gasteiger partial charge in [0.15, 0.2) is 0 Å². The Morgan fingerprint density at radius 1 is 1.30 bits per heavy atom. The zero-order valence-corrected chi connectivity index (χ0v) is 13.0. The molecule has 2 N–H and O–H groups in total. The number of nitrogens with one attached hydrogen (secondary N) is 2. The standard InChI is InChI=1S/C14H17ClF3N3O2/c15-10-2-1-3-11(13(10)21-4-6-23-7-5-21)19-8-12(22)20-9-14(16,17)18/h1-3,19H,4-9H2,(H,20,22). The number of carbonyl (C=O) groups excluding carboxylic acids is 1. The first-order valence-electron chi connectivity index (χ1n) is 7.05. The van der Waals surface area contributed by atoms with Crippen LogP contribution in [-0.2, 0) is 9.53 Å². The number of para-hydroxylation sites is 1. The molecule has 1 saturated heterocycles. The summed E-state index contributed by atoms with van der Waals surface area (Å²) < 4.78 is 41.5. The van der Waals surface area contributed by atoms with E-state index in [4.69, 9.17) is 16.3 Å². The fraction of sp³-hybridized carbons (Fsp3) is 0.500. The van der Waals surface area contributed by atoms with Crippen LogP contribution in [0.2, 0.25) is 5.02 Å². The van der Waals surface area contributed by atoms with E-state index in [9.17, 15) is 18.0 Å². The SMILES string of the molecule is O=C(CNc1cccc(Cl)c1N1CCOCC1)NCC(F)(F)F. The van der Waals surface area contributed by atoms with Gasteiger partial charge in [0.1, 0.15) is 6.54 Å². The number of anilines is 2. The second-order valence-corrected chi connectivity index (χ2v) is 5.39. The molecule has 1 aromatic rings. The summed E-state index contributed by atoms with van der Waals surface area (Å²) in [6, 6.07) is 5.16. The molecular formula is C14H17ClF3N3O2. The Labute approximate surface area is 136 Å². The maximum absolute atomic E-state index is 12.1. The number of hydrogen-bond acceptors (Lipinski definition) is 4. The quantitative estimate of drug-likeness (QED) is 0.854. The molecule has 0 atom stereocenters. The molecule has 9 heteroatoms. The smallest absolute Gasteiger partial charge is 0.378 e. The van der Waals surface area contributed by atoms with Crippen molar-refractivity contribution in [3.63, 3.8) is 0 Å². The fourth-order valence-corrected chi connectivity index (χ4v) is 2.50. The number of nitrogens with zero attached hydrogens (tertiary/aromatic N) is 1. The summed E-state index contributed by atoms with van der Waals surface area (Å²) >= 11 is 6.23. The number of halogens is 4. The van der Waals surface area contributed by atoms with Gasteiger partial charge in [0.25, 0.3) is 0 Å². The molecule has 1 aliphatic heterocycles. The lowest BCUT2D eigenvalue weighted by molar-refractivity contribution is -0.137. The van der Waals surface area contributed by atoms with Gasteiger partial charge in [-0.1, -0.05) is 17.7 Å². The van der Waals surface area contributed by atoms with Crippen LogP contribution in [0.4, 0.5) is 24.5 Å². The van der Waals surface area contributed by atoms with Gasteiger partial charge in [-0.15, -0.1) is 0 Å². The largest absolute Gasteiger partial charge is 0.405 e. The molecule has 2 rings (SSSR count). The zero-order chi connectivity index (χ0) is 16.9. The number of hydrogen-bond donors (Lipinski definition) is 2. The second kappa shape index (κ2) is 7.74. The average Bonchev–Trinajstić information content (AvgIpc) is 2.51. The highest BCUT2D eigenvalue weighted by molar-refractivity contribution is 6.34. The molecule has 0 aliphatic carbocycles. The van der Waals surface area contributed by atoms with E-state index in [0.717, 1.165) is 5.69 Å². The van der Waals surface area contributed by atoms with Crippen LogP contribution in [0.25, 0.3) is 0 Å². The van der Waals surface area contributed by atoms with Crippen molar-refractivity contribution >= 4 is 28.9 Å². The van der Waals surface area contributed by atoms with Crippen LogP contribution in [0.5, 0.6) is 0 Å². The number of rotatable bonds is 5. The van der Waals surface area contributed by atoms with Gasteiger partial charge in [-0.2, -0.15) is 13.2 Å². The van der Waals surface area contributed by atoms with E-state index < -0.39 is 18.6 Å². The van der Waals surface area contributed by atoms with Gasteiger partial charge >= 0.3 is 6.18 Å². The van der Waals surface area contributed by atoms with Crippen LogP contribution in [-0.4, -0.2) is 51.5 Å². The number of alkyl halides is 3. The lowest BCUT2D eigenvalue weighted by Crippen LogP contribution is -2.38. The average molecular weight is 352 g/mol. The first kappa shape index (κ1) is 17.7. The summed E-state index contributed by atoms with van der Waals surface area (Å²) in [5.41, 5.74) is 1.32.